The van der Waals surface area contributed by atoms with E-state index in [9.17, 15) is 0 Å². The van der Waals surface area contributed by atoms with Crippen LogP contribution in [0.5, 0.6) is 5.75 Å². The first-order valence-corrected chi connectivity index (χ1v) is 8.16. The first kappa shape index (κ1) is 17.0. The van der Waals surface area contributed by atoms with E-state index in [1.807, 2.05) is 12.1 Å². The number of hydrogen-bond donors (Lipinski definition) is 0. The van der Waals surface area contributed by atoms with E-state index in [-0.39, 0.29) is 5.60 Å². The Morgan fingerprint density at radius 1 is 1.36 bits per heavy atom. The van der Waals surface area contributed by atoms with Crippen LogP contribution in [0.3, 0.4) is 0 Å². The summed E-state index contributed by atoms with van der Waals surface area (Å²) in [5.41, 5.74) is 1.01. The Morgan fingerprint density at radius 3 is 2.86 bits per heavy atom. The summed E-state index contributed by atoms with van der Waals surface area (Å²) < 4.78 is 11.8. The zero-order valence-corrected chi connectivity index (χ0v) is 14.2. The lowest BCUT2D eigenvalue weighted by molar-refractivity contribution is -0.110. The van der Waals surface area contributed by atoms with E-state index in [1.54, 1.807) is 7.11 Å². The monoisotopic (exact) mass is 303 g/mol. The molecule has 1 saturated carbocycles. The van der Waals surface area contributed by atoms with Gasteiger partial charge in [0.1, 0.15) is 5.75 Å². The van der Waals surface area contributed by atoms with Crippen LogP contribution in [-0.2, 0) is 10.3 Å². The van der Waals surface area contributed by atoms with Gasteiger partial charge in [0.15, 0.2) is 0 Å². The van der Waals surface area contributed by atoms with E-state index in [0.717, 1.165) is 18.7 Å². The summed E-state index contributed by atoms with van der Waals surface area (Å²) in [6, 6.07) is 8.37. The SMILES string of the molecule is C=CCO[C@]1(c2cccc(OC)c2)CCCC[C@@H]1CN(C)C. The molecule has 0 aromatic heterocycles. The van der Waals surface area contributed by atoms with Gasteiger partial charge in [-0.25, -0.2) is 0 Å². The summed E-state index contributed by atoms with van der Waals surface area (Å²) in [7, 11) is 5.99. The third-order valence-corrected chi connectivity index (χ3v) is 4.61. The van der Waals surface area contributed by atoms with E-state index in [1.165, 1.54) is 24.8 Å². The van der Waals surface area contributed by atoms with Crippen LogP contribution in [0, 0.1) is 5.92 Å². The van der Waals surface area contributed by atoms with Gasteiger partial charge in [0.05, 0.1) is 19.3 Å². The van der Waals surface area contributed by atoms with E-state index >= 15 is 0 Å². The van der Waals surface area contributed by atoms with Gasteiger partial charge in [0.2, 0.25) is 0 Å². The maximum Gasteiger partial charge on any atom is 0.119 e. The van der Waals surface area contributed by atoms with E-state index in [4.69, 9.17) is 9.47 Å². The van der Waals surface area contributed by atoms with Crippen molar-refractivity contribution >= 4 is 0 Å². The Balaban J connectivity index is 2.40. The molecule has 122 valence electrons. The molecule has 0 bridgehead atoms. The van der Waals surface area contributed by atoms with Gasteiger partial charge in [-0.15, -0.1) is 6.58 Å². The Kier molecular flexibility index (Phi) is 6.04. The van der Waals surface area contributed by atoms with Crippen molar-refractivity contribution in [2.24, 2.45) is 5.92 Å². The summed E-state index contributed by atoms with van der Waals surface area (Å²) in [6.45, 7) is 5.45. The lowest BCUT2D eigenvalue weighted by atomic mass is 9.71. The summed E-state index contributed by atoms with van der Waals surface area (Å²) in [5.74, 6) is 1.39. The molecule has 1 aliphatic rings. The molecule has 0 radical (unpaired) electrons. The molecule has 0 unspecified atom stereocenters. The second-order valence-corrected chi connectivity index (χ2v) is 6.43. The molecule has 3 heteroatoms. The standard InChI is InChI=1S/C19H29NO2/c1-5-13-22-19(16-10-8-11-18(14-16)21-4)12-7-6-9-17(19)15-20(2)3/h5,8,10-11,14,17H,1,6-7,9,12-13,15H2,2-4H3/t17-,19+/m1/s1. The molecular formula is C19H29NO2. The molecule has 0 spiro atoms. The molecule has 1 fully saturated rings. The highest BCUT2D eigenvalue weighted by atomic mass is 16.5. The van der Waals surface area contributed by atoms with E-state index < -0.39 is 0 Å². The predicted octanol–water partition coefficient (Wildman–Crippen LogP) is 3.84. The Hall–Kier alpha value is -1.32. The van der Waals surface area contributed by atoms with Gasteiger partial charge in [-0.2, -0.15) is 0 Å². The van der Waals surface area contributed by atoms with Crippen molar-refractivity contribution in [1.82, 2.24) is 4.90 Å². The second kappa shape index (κ2) is 7.80. The maximum absolute atomic E-state index is 6.42. The highest BCUT2D eigenvalue weighted by Gasteiger charge is 2.43. The molecule has 1 aromatic rings. The van der Waals surface area contributed by atoms with Gasteiger partial charge in [0, 0.05) is 12.5 Å². The highest BCUT2D eigenvalue weighted by molar-refractivity contribution is 5.33. The van der Waals surface area contributed by atoms with E-state index in [2.05, 4.69) is 43.8 Å². The summed E-state index contributed by atoms with van der Waals surface area (Å²) in [4.78, 5) is 2.27. The quantitative estimate of drug-likeness (QED) is 0.714. The number of methoxy groups -OCH3 is 1. The second-order valence-electron chi connectivity index (χ2n) is 6.43. The van der Waals surface area contributed by atoms with Crippen molar-refractivity contribution in [3.05, 3.63) is 42.5 Å². The molecule has 1 aromatic carbocycles. The van der Waals surface area contributed by atoms with Crippen molar-refractivity contribution in [3.63, 3.8) is 0 Å². The van der Waals surface area contributed by atoms with Crippen molar-refractivity contribution in [2.75, 3.05) is 34.4 Å². The Labute approximate surface area is 134 Å². The van der Waals surface area contributed by atoms with Crippen molar-refractivity contribution in [1.29, 1.82) is 0 Å². The van der Waals surface area contributed by atoms with E-state index in [0.29, 0.717) is 12.5 Å². The van der Waals surface area contributed by atoms with Gasteiger partial charge in [-0.05, 0) is 44.6 Å². The fourth-order valence-electron chi connectivity index (χ4n) is 3.64. The predicted molar refractivity (Wildman–Crippen MR) is 91.3 cm³/mol. The first-order valence-electron chi connectivity index (χ1n) is 8.16. The molecule has 1 aliphatic carbocycles. The minimum Gasteiger partial charge on any atom is -0.497 e. The number of ether oxygens (including phenoxy) is 2. The minimum atomic E-state index is -0.231. The number of hydrogen-bond acceptors (Lipinski definition) is 3. The van der Waals surface area contributed by atoms with Crippen LogP contribution in [0.1, 0.15) is 31.2 Å². The van der Waals surface area contributed by atoms with Crippen LogP contribution in [0.2, 0.25) is 0 Å². The number of rotatable bonds is 7. The van der Waals surface area contributed by atoms with Crippen molar-refractivity contribution in [3.8, 4) is 5.75 Å². The topological polar surface area (TPSA) is 21.7 Å². The molecule has 2 atom stereocenters. The minimum absolute atomic E-state index is 0.231. The molecule has 3 nitrogen and oxygen atoms in total. The van der Waals surface area contributed by atoms with Gasteiger partial charge in [-0.1, -0.05) is 31.1 Å². The summed E-state index contributed by atoms with van der Waals surface area (Å²) in [5, 5.41) is 0. The van der Waals surface area contributed by atoms with Crippen molar-refractivity contribution < 1.29 is 9.47 Å². The van der Waals surface area contributed by atoms with Crippen LogP contribution in [0.4, 0.5) is 0 Å². The molecule has 0 aliphatic heterocycles. The number of nitrogens with zero attached hydrogens (tertiary/aromatic N) is 1. The van der Waals surface area contributed by atoms with Crippen LogP contribution in [0.25, 0.3) is 0 Å². The van der Waals surface area contributed by atoms with Crippen LogP contribution in [0.15, 0.2) is 36.9 Å². The first-order chi connectivity index (χ1) is 10.6. The molecule has 0 amide bonds. The Bertz CT molecular complexity index is 486. The highest BCUT2D eigenvalue weighted by Crippen LogP contribution is 2.45. The van der Waals surface area contributed by atoms with Crippen LogP contribution in [-0.4, -0.2) is 39.3 Å². The summed E-state index contributed by atoms with van der Waals surface area (Å²) in [6.07, 6.45) is 6.60. The molecular weight excluding hydrogens is 274 g/mol. The van der Waals surface area contributed by atoms with Crippen molar-refractivity contribution in [2.45, 2.75) is 31.3 Å². The number of benzene rings is 1. The maximum atomic E-state index is 6.42. The third-order valence-electron chi connectivity index (χ3n) is 4.61. The van der Waals surface area contributed by atoms with Gasteiger partial charge in [0.25, 0.3) is 0 Å². The van der Waals surface area contributed by atoms with Gasteiger partial charge >= 0.3 is 0 Å². The molecule has 2 rings (SSSR count). The average molecular weight is 303 g/mol. The lowest BCUT2D eigenvalue weighted by Crippen LogP contribution is -2.45. The van der Waals surface area contributed by atoms with Crippen LogP contribution >= 0.6 is 0 Å². The molecule has 0 N–H and O–H groups in total. The van der Waals surface area contributed by atoms with Gasteiger partial charge < -0.3 is 14.4 Å². The molecule has 22 heavy (non-hydrogen) atoms. The fourth-order valence-corrected chi connectivity index (χ4v) is 3.64. The molecule has 0 saturated heterocycles. The smallest absolute Gasteiger partial charge is 0.119 e. The fraction of sp³-hybridized carbons (Fsp3) is 0.579. The third kappa shape index (κ3) is 3.71. The molecule has 0 heterocycles. The lowest BCUT2D eigenvalue weighted by Gasteiger charge is -2.45. The van der Waals surface area contributed by atoms with Gasteiger partial charge in [-0.3, -0.25) is 0 Å². The largest absolute Gasteiger partial charge is 0.497 e. The summed E-state index contributed by atoms with van der Waals surface area (Å²) >= 11 is 0. The zero-order chi connectivity index (χ0) is 16.0. The normalized spacial score (nSPS) is 25.2. The zero-order valence-electron chi connectivity index (χ0n) is 14.2. The average Bonchev–Trinajstić information content (AvgIpc) is 2.54. The Morgan fingerprint density at radius 2 is 2.18 bits per heavy atom. The van der Waals surface area contributed by atoms with Crippen LogP contribution < -0.4 is 4.74 Å².